The lowest BCUT2D eigenvalue weighted by Gasteiger charge is -2.19. The molecule has 0 spiro atoms. The minimum Gasteiger partial charge on any atom is -0.471 e. The molecule has 0 fully saturated rings. The van der Waals surface area contributed by atoms with Gasteiger partial charge in [-0.15, -0.1) is 0 Å². The summed E-state index contributed by atoms with van der Waals surface area (Å²) in [6.45, 7) is 11.1. The third-order valence-corrected chi connectivity index (χ3v) is 5.82. The smallest absolute Gasteiger partial charge is 0.272 e. The van der Waals surface area contributed by atoms with Crippen molar-refractivity contribution in [1.82, 2.24) is 24.9 Å². The van der Waals surface area contributed by atoms with Gasteiger partial charge in [0.25, 0.3) is 5.91 Å². The Kier molecular flexibility index (Phi) is 6.54. The summed E-state index contributed by atoms with van der Waals surface area (Å²) in [7, 11) is 0. The number of hydrogen-bond acceptors (Lipinski definition) is 4. The van der Waals surface area contributed by atoms with Crippen molar-refractivity contribution in [2.75, 3.05) is 0 Å². The molecule has 0 aliphatic carbocycles. The molecular formula is C27H31N5O2. The highest BCUT2D eigenvalue weighted by Crippen LogP contribution is 2.24. The van der Waals surface area contributed by atoms with E-state index in [1.165, 1.54) is 5.56 Å². The summed E-state index contributed by atoms with van der Waals surface area (Å²) in [5, 5.41) is 11.9. The number of amides is 1. The van der Waals surface area contributed by atoms with Gasteiger partial charge in [0, 0.05) is 24.0 Å². The standard InChI is InChI=1S/C27H31N5O2/c1-19-24(20(2)32(29-19)22-9-7-6-8-10-22)17-28-26(33)25-15-16-31(30-25)18-34-23-13-11-21(12-14-23)27(3,4)5/h6-16H,17-18H2,1-5H3,(H,28,33). The molecule has 0 aliphatic rings. The van der Waals surface area contributed by atoms with Crippen LogP contribution in [0, 0.1) is 13.8 Å². The Bertz CT molecular complexity index is 1260. The van der Waals surface area contributed by atoms with Crippen molar-refractivity contribution in [3.05, 3.63) is 95.1 Å². The topological polar surface area (TPSA) is 74.0 Å². The number of para-hydroxylation sites is 1. The molecule has 0 saturated heterocycles. The number of carbonyl (C=O) groups is 1. The third-order valence-electron chi connectivity index (χ3n) is 5.82. The molecule has 7 heteroatoms. The van der Waals surface area contributed by atoms with E-state index in [0.717, 1.165) is 28.4 Å². The molecule has 0 saturated carbocycles. The normalized spacial score (nSPS) is 11.4. The van der Waals surface area contributed by atoms with Crippen molar-refractivity contribution >= 4 is 5.91 Å². The quantitative estimate of drug-likeness (QED) is 0.426. The van der Waals surface area contributed by atoms with Crippen molar-refractivity contribution in [3.63, 3.8) is 0 Å². The first-order chi connectivity index (χ1) is 16.2. The molecule has 0 radical (unpaired) electrons. The lowest BCUT2D eigenvalue weighted by Crippen LogP contribution is -2.24. The number of nitrogens with one attached hydrogen (secondary N) is 1. The monoisotopic (exact) mass is 457 g/mol. The van der Waals surface area contributed by atoms with Gasteiger partial charge in [-0.2, -0.15) is 10.2 Å². The summed E-state index contributed by atoms with van der Waals surface area (Å²) < 4.78 is 9.32. The first-order valence-corrected chi connectivity index (χ1v) is 11.4. The Morgan fingerprint density at radius 1 is 0.971 bits per heavy atom. The number of carbonyl (C=O) groups excluding carboxylic acids is 1. The Labute approximate surface area is 200 Å². The van der Waals surface area contributed by atoms with Gasteiger partial charge in [0.2, 0.25) is 0 Å². The summed E-state index contributed by atoms with van der Waals surface area (Å²) in [6, 6.07) is 19.7. The summed E-state index contributed by atoms with van der Waals surface area (Å²) >= 11 is 0. The second-order valence-electron chi connectivity index (χ2n) is 9.37. The maximum Gasteiger partial charge on any atom is 0.272 e. The maximum absolute atomic E-state index is 12.7. The number of rotatable bonds is 7. The molecule has 7 nitrogen and oxygen atoms in total. The van der Waals surface area contributed by atoms with Crippen molar-refractivity contribution in [1.29, 1.82) is 0 Å². The average Bonchev–Trinajstić information content (AvgIpc) is 3.41. The molecule has 2 heterocycles. The molecule has 1 N–H and O–H groups in total. The first kappa shape index (κ1) is 23.3. The molecule has 176 valence electrons. The summed E-state index contributed by atoms with van der Waals surface area (Å²) in [5.74, 6) is 0.524. The highest BCUT2D eigenvalue weighted by atomic mass is 16.5. The van der Waals surface area contributed by atoms with Gasteiger partial charge in [-0.25, -0.2) is 9.36 Å². The molecule has 34 heavy (non-hydrogen) atoms. The summed E-state index contributed by atoms with van der Waals surface area (Å²) in [4.78, 5) is 12.7. The predicted octanol–water partition coefficient (Wildman–Crippen LogP) is 4.95. The van der Waals surface area contributed by atoms with Gasteiger partial charge in [0.1, 0.15) is 11.4 Å². The van der Waals surface area contributed by atoms with Gasteiger partial charge in [-0.3, -0.25) is 4.79 Å². The van der Waals surface area contributed by atoms with Crippen molar-refractivity contribution in [2.24, 2.45) is 0 Å². The molecule has 0 bridgehead atoms. The number of aryl methyl sites for hydroxylation is 1. The first-order valence-electron chi connectivity index (χ1n) is 11.4. The minimum atomic E-state index is -0.237. The zero-order valence-corrected chi connectivity index (χ0v) is 20.4. The fourth-order valence-corrected chi connectivity index (χ4v) is 3.76. The van der Waals surface area contributed by atoms with E-state index in [1.807, 2.05) is 61.0 Å². The lowest BCUT2D eigenvalue weighted by molar-refractivity contribution is 0.0943. The van der Waals surface area contributed by atoms with Gasteiger partial charge in [0.15, 0.2) is 6.73 Å². The summed E-state index contributed by atoms with van der Waals surface area (Å²) in [5.41, 5.74) is 5.57. The number of nitrogens with zero attached hydrogens (tertiary/aromatic N) is 4. The third kappa shape index (κ3) is 5.20. The highest BCUT2D eigenvalue weighted by molar-refractivity contribution is 5.92. The minimum absolute atomic E-state index is 0.0973. The molecular weight excluding hydrogens is 426 g/mol. The van der Waals surface area contributed by atoms with Crippen LogP contribution in [0.2, 0.25) is 0 Å². The molecule has 2 aromatic heterocycles. The van der Waals surface area contributed by atoms with Crippen LogP contribution >= 0.6 is 0 Å². The van der Waals surface area contributed by atoms with E-state index in [1.54, 1.807) is 16.9 Å². The largest absolute Gasteiger partial charge is 0.471 e. The fourth-order valence-electron chi connectivity index (χ4n) is 3.76. The summed E-state index contributed by atoms with van der Waals surface area (Å²) in [6.07, 6.45) is 1.74. The molecule has 1 amide bonds. The molecule has 2 aromatic carbocycles. The zero-order chi connectivity index (χ0) is 24.3. The van der Waals surface area contributed by atoms with Crippen molar-refractivity contribution < 1.29 is 9.53 Å². The molecule has 0 aliphatic heterocycles. The Morgan fingerprint density at radius 2 is 1.68 bits per heavy atom. The van der Waals surface area contributed by atoms with Crippen LogP contribution in [0.25, 0.3) is 5.69 Å². The number of hydrogen-bond donors (Lipinski definition) is 1. The van der Waals surface area contributed by atoms with Crippen molar-refractivity contribution in [3.8, 4) is 11.4 Å². The number of aromatic nitrogens is 4. The van der Waals surface area contributed by atoms with Crippen LogP contribution in [0.3, 0.4) is 0 Å². The Balaban J connectivity index is 1.35. The van der Waals surface area contributed by atoms with Gasteiger partial charge in [0.05, 0.1) is 11.4 Å². The molecule has 0 unspecified atom stereocenters. The van der Waals surface area contributed by atoms with Crippen molar-refractivity contribution in [2.45, 2.75) is 53.3 Å². The van der Waals surface area contributed by atoms with Crippen LogP contribution in [0.15, 0.2) is 66.9 Å². The van der Waals surface area contributed by atoms with Crippen LogP contribution in [0.1, 0.15) is 53.8 Å². The SMILES string of the molecule is Cc1nn(-c2ccccc2)c(C)c1CNC(=O)c1ccn(COc2ccc(C(C)(C)C)cc2)n1. The van der Waals surface area contributed by atoms with Crippen LogP contribution in [0.4, 0.5) is 0 Å². The lowest BCUT2D eigenvalue weighted by atomic mass is 9.87. The Morgan fingerprint density at radius 3 is 2.35 bits per heavy atom. The van der Waals surface area contributed by atoms with Gasteiger partial charge >= 0.3 is 0 Å². The van der Waals surface area contributed by atoms with Crippen LogP contribution < -0.4 is 10.1 Å². The zero-order valence-electron chi connectivity index (χ0n) is 20.4. The van der Waals surface area contributed by atoms with Crippen LogP contribution in [0.5, 0.6) is 5.75 Å². The molecule has 0 atom stereocenters. The predicted molar refractivity (Wildman–Crippen MR) is 132 cm³/mol. The molecule has 4 rings (SSSR count). The van der Waals surface area contributed by atoms with E-state index >= 15 is 0 Å². The van der Waals surface area contributed by atoms with E-state index in [9.17, 15) is 4.79 Å². The van der Waals surface area contributed by atoms with E-state index in [-0.39, 0.29) is 18.1 Å². The second-order valence-corrected chi connectivity index (χ2v) is 9.37. The van der Waals surface area contributed by atoms with Gasteiger partial charge < -0.3 is 10.1 Å². The number of ether oxygens (including phenoxy) is 1. The Hall–Kier alpha value is -3.87. The number of benzene rings is 2. The van der Waals surface area contributed by atoms with E-state index in [2.05, 4.69) is 48.4 Å². The second kappa shape index (κ2) is 9.55. The van der Waals surface area contributed by atoms with E-state index < -0.39 is 0 Å². The molecule has 4 aromatic rings. The average molecular weight is 458 g/mol. The highest BCUT2D eigenvalue weighted by Gasteiger charge is 2.16. The van der Waals surface area contributed by atoms with E-state index in [4.69, 9.17) is 4.74 Å². The van der Waals surface area contributed by atoms with E-state index in [0.29, 0.717) is 12.2 Å². The maximum atomic E-state index is 12.7. The van der Waals surface area contributed by atoms with Crippen LogP contribution in [-0.2, 0) is 18.7 Å². The fraction of sp³-hybridized carbons (Fsp3) is 0.296. The van der Waals surface area contributed by atoms with Crippen LogP contribution in [-0.4, -0.2) is 25.5 Å². The van der Waals surface area contributed by atoms with Gasteiger partial charge in [-0.05, 0) is 55.2 Å². The van der Waals surface area contributed by atoms with Gasteiger partial charge in [-0.1, -0.05) is 51.1 Å².